The number of esters is 1. The van der Waals surface area contributed by atoms with E-state index in [0.717, 1.165) is 5.69 Å². The van der Waals surface area contributed by atoms with Gasteiger partial charge in [-0.15, -0.1) is 0 Å². The van der Waals surface area contributed by atoms with E-state index in [1.807, 2.05) is 48.7 Å². The molecule has 1 unspecified atom stereocenters. The Balaban J connectivity index is 1.35. The largest absolute Gasteiger partial charge is 0.497 e. The van der Waals surface area contributed by atoms with Crippen molar-refractivity contribution in [2.75, 3.05) is 40.0 Å². The third kappa shape index (κ3) is 6.68. The quantitative estimate of drug-likeness (QED) is 0.156. The van der Waals surface area contributed by atoms with Gasteiger partial charge in [-0.1, -0.05) is 66.5 Å². The topological polar surface area (TPSA) is 134 Å². The molecule has 0 amide bonds. The number of hydrogen-bond acceptors (Lipinski definition) is 10. The molecule has 7 rings (SSSR count). The SMILES string of the molecule is C=CCOC(=O)C1=C(C)N=c2sc(=Cc3cn(-c4ccccc4)nc3-c3ccc(S(=O)(=O)N4CCOCC4)cc3)c(=O)n2C1c1ccc(OC)cc1. The first-order chi connectivity index (χ1) is 25.2. The van der Waals surface area contributed by atoms with Crippen LogP contribution in [0.4, 0.5) is 0 Å². The van der Waals surface area contributed by atoms with Crippen molar-refractivity contribution in [3.05, 3.63) is 140 Å². The molecule has 0 aliphatic carbocycles. The molecule has 3 aromatic carbocycles. The van der Waals surface area contributed by atoms with Crippen LogP contribution >= 0.6 is 11.3 Å². The average Bonchev–Trinajstić information content (AvgIpc) is 3.74. The second-order valence-corrected chi connectivity index (χ2v) is 14.9. The molecule has 0 bridgehead atoms. The molecule has 1 saturated heterocycles. The minimum Gasteiger partial charge on any atom is -0.497 e. The highest BCUT2D eigenvalue weighted by molar-refractivity contribution is 7.89. The summed E-state index contributed by atoms with van der Waals surface area (Å²) >= 11 is 1.20. The number of aromatic nitrogens is 3. The zero-order valence-electron chi connectivity index (χ0n) is 28.5. The fraction of sp³-hybridized carbons (Fsp3) is 0.211. The maximum Gasteiger partial charge on any atom is 0.338 e. The fourth-order valence-corrected chi connectivity index (χ4v) is 8.63. The van der Waals surface area contributed by atoms with Gasteiger partial charge in [0.15, 0.2) is 4.80 Å². The molecule has 266 valence electrons. The number of sulfonamides is 1. The van der Waals surface area contributed by atoms with E-state index in [9.17, 15) is 18.0 Å². The van der Waals surface area contributed by atoms with Crippen LogP contribution in [-0.4, -0.2) is 73.1 Å². The van der Waals surface area contributed by atoms with Crippen molar-refractivity contribution >= 4 is 33.4 Å². The van der Waals surface area contributed by atoms with Crippen molar-refractivity contribution in [3.8, 4) is 22.7 Å². The third-order valence-corrected chi connectivity index (χ3v) is 11.7. The summed E-state index contributed by atoms with van der Waals surface area (Å²) in [7, 11) is -2.13. The van der Waals surface area contributed by atoms with Gasteiger partial charge in [0.2, 0.25) is 10.0 Å². The molecule has 1 fully saturated rings. The van der Waals surface area contributed by atoms with Crippen LogP contribution in [0.1, 0.15) is 24.1 Å². The number of para-hydroxylation sites is 1. The highest BCUT2D eigenvalue weighted by Gasteiger charge is 2.33. The van der Waals surface area contributed by atoms with Crippen molar-refractivity contribution in [2.45, 2.75) is 17.9 Å². The highest BCUT2D eigenvalue weighted by Crippen LogP contribution is 2.32. The summed E-state index contributed by atoms with van der Waals surface area (Å²) in [5.41, 5.74) is 3.64. The van der Waals surface area contributed by atoms with Crippen LogP contribution in [0.2, 0.25) is 0 Å². The van der Waals surface area contributed by atoms with E-state index < -0.39 is 22.0 Å². The van der Waals surface area contributed by atoms with E-state index in [4.69, 9.17) is 24.3 Å². The van der Waals surface area contributed by atoms with Gasteiger partial charge in [0, 0.05) is 30.4 Å². The van der Waals surface area contributed by atoms with E-state index in [1.165, 1.54) is 26.3 Å². The molecule has 5 aromatic rings. The summed E-state index contributed by atoms with van der Waals surface area (Å²) in [6.07, 6.45) is 5.06. The first kappa shape index (κ1) is 35.0. The molecule has 2 aliphatic rings. The minimum absolute atomic E-state index is 0.00364. The number of thiazole rings is 1. The Morgan fingerprint density at radius 2 is 1.75 bits per heavy atom. The minimum atomic E-state index is -3.70. The maximum atomic E-state index is 14.4. The first-order valence-corrected chi connectivity index (χ1v) is 18.7. The zero-order valence-corrected chi connectivity index (χ0v) is 30.1. The summed E-state index contributed by atoms with van der Waals surface area (Å²) in [4.78, 5) is 33.1. The number of benzene rings is 3. The number of allylic oxidation sites excluding steroid dienone is 1. The van der Waals surface area contributed by atoms with Crippen molar-refractivity contribution in [3.63, 3.8) is 0 Å². The highest BCUT2D eigenvalue weighted by atomic mass is 32.2. The second-order valence-electron chi connectivity index (χ2n) is 12.0. The van der Waals surface area contributed by atoms with E-state index in [2.05, 4.69) is 6.58 Å². The maximum absolute atomic E-state index is 14.4. The molecule has 52 heavy (non-hydrogen) atoms. The Labute approximate surface area is 303 Å². The Bertz CT molecular complexity index is 2460. The number of methoxy groups -OCH3 is 1. The predicted octanol–water partition coefficient (Wildman–Crippen LogP) is 3.85. The lowest BCUT2D eigenvalue weighted by molar-refractivity contribution is -0.138. The second kappa shape index (κ2) is 14.7. The zero-order chi connectivity index (χ0) is 36.4. The van der Waals surface area contributed by atoms with Gasteiger partial charge in [-0.2, -0.15) is 9.40 Å². The van der Waals surface area contributed by atoms with Gasteiger partial charge in [-0.05, 0) is 55.0 Å². The fourth-order valence-electron chi connectivity index (χ4n) is 6.19. The van der Waals surface area contributed by atoms with E-state index in [1.54, 1.807) is 61.2 Å². The Morgan fingerprint density at radius 1 is 1.04 bits per heavy atom. The third-order valence-electron chi connectivity index (χ3n) is 8.79. The van der Waals surface area contributed by atoms with E-state index in [0.29, 0.717) is 69.5 Å². The van der Waals surface area contributed by atoms with Gasteiger partial charge < -0.3 is 14.2 Å². The van der Waals surface area contributed by atoms with Gasteiger partial charge in [-0.25, -0.2) is 22.9 Å². The molecule has 14 heteroatoms. The lowest BCUT2D eigenvalue weighted by Gasteiger charge is -2.26. The molecule has 4 heterocycles. The Hall–Kier alpha value is -5.41. The summed E-state index contributed by atoms with van der Waals surface area (Å²) < 4.78 is 47.8. The molecular formula is C38H35N5O7S2. The van der Waals surface area contributed by atoms with Gasteiger partial charge in [0.25, 0.3) is 5.56 Å². The number of carbonyl (C=O) groups is 1. The van der Waals surface area contributed by atoms with Crippen molar-refractivity contribution in [1.82, 2.24) is 18.7 Å². The molecule has 12 nitrogen and oxygen atoms in total. The van der Waals surface area contributed by atoms with Crippen LogP contribution in [0.3, 0.4) is 0 Å². The molecule has 2 aromatic heterocycles. The van der Waals surface area contributed by atoms with Crippen molar-refractivity contribution in [2.24, 2.45) is 4.99 Å². The summed E-state index contributed by atoms with van der Waals surface area (Å²) in [6, 6.07) is 22.5. The molecule has 0 spiro atoms. The van der Waals surface area contributed by atoms with Crippen LogP contribution in [-0.2, 0) is 24.3 Å². The lowest BCUT2D eigenvalue weighted by Crippen LogP contribution is -2.40. The number of nitrogens with zero attached hydrogens (tertiary/aromatic N) is 5. The smallest absolute Gasteiger partial charge is 0.338 e. The predicted molar refractivity (Wildman–Crippen MR) is 196 cm³/mol. The van der Waals surface area contributed by atoms with Crippen LogP contribution in [0.15, 0.2) is 124 Å². The summed E-state index contributed by atoms with van der Waals surface area (Å²) in [5, 5.41) is 4.89. The molecule has 1 atom stereocenters. The molecular weight excluding hydrogens is 703 g/mol. The van der Waals surface area contributed by atoms with Crippen LogP contribution in [0.25, 0.3) is 23.0 Å². The van der Waals surface area contributed by atoms with E-state index >= 15 is 0 Å². The number of morpholine rings is 1. The van der Waals surface area contributed by atoms with Gasteiger partial charge in [-0.3, -0.25) is 9.36 Å². The summed E-state index contributed by atoms with van der Waals surface area (Å²) in [6.45, 7) is 6.66. The van der Waals surface area contributed by atoms with Gasteiger partial charge in [0.05, 0.1) is 58.4 Å². The number of ether oxygens (including phenoxy) is 3. The van der Waals surface area contributed by atoms with Crippen LogP contribution in [0.5, 0.6) is 5.75 Å². The Morgan fingerprint density at radius 3 is 2.42 bits per heavy atom. The number of carbonyl (C=O) groups excluding carboxylic acids is 1. The van der Waals surface area contributed by atoms with Gasteiger partial charge in [0.1, 0.15) is 12.4 Å². The van der Waals surface area contributed by atoms with Crippen LogP contribution < -0.4 is 19.6 Å². The number of rotatable bonds is 10. The molecule has 2 aliphatic heterocycles. The summed E-state index contributed by atoms with van der Waals surface area (Å²) in [5.74, 6) is 0.0316. The normalized spacial score (nSPS) is 16.7. The molecule has 0 N–H and O–H groups in total. The number of fused-ring (bicyclic) bond motifs is 1. The lowest BCUT2D eigenvalue weighted by atomic mass is 9.96. The van der Waals surface area contributed by atoms with Crippen LogP contribution in [0, 0.1) is 0 Å². The standard InChI is InChI=1S/C38H35N5O7S2/c1-4-20-50-37(45)33-25(2)39-38-43(35(33)27-10-14-30(48-3)15-11-27)36(44)32(51-38)23-28-24-42(29-8-6-5-7-9-29)40-34(28)26-12-16-31(17-13-26)52(46,47)41-18-21-49-22-19-41/h4-17,23-24,35H,1,18-22H2,2-3H3. The van der Waals surface area contributed by atoms with Crippen molar-refractivity contribution < 1.29 is 27.4 Å². The molecule has 0 radical (unpaired) electrons. The number of hydrogen-bond donors (Lipinski definition) is 0. The monoisotopic (exact) mass is 737 g/mol. The Kier molecular flexibility index (Phi) is 9.88. The van der Waals surface area contributed by atoms with E-state index in [-0.39, 0.29) is 22.6 Å². The van der Waals surface area contributed by atoms with Crippen molar-refractivity contribution in [1.29, 1.82) is 0 Å². The average molecular weight is 738 g/mol. The van der Waals surface area contributed by atoms with Gasteiger partial charge >= 0.3 is 5.97 Å². The first-order valence-electron chi connectivity index (χ1n) is 16.5. The molecule has 0 saturated carbocycles.